The summed E-state index contributed by atoms with van der Waals surface area (Å²) in [6.07, 6.45) is 0.498. The number of benzene rings is 1. The van der Waals surface area contributed by atoms with Crippen molar-refractivity contribution >= 4 is 0 Å². The topological polar surface area (TPSA) is 79.3 Å². The van der Waals surface area contributed by atoms with Crippen LogP contribution >= 0.6 is 0 Å². The SMILES string of the molecule is COc1cc(O)c(CC(C)(C)N)cc1C#N. The van der Waals surface area contributed by atoms with E-state index in [1.165, 1.54) is 13.2 Å². The van der Waals surface area contributed by atoms with E-state index in [0.29, 0.717) is 23.3 Å². The molecule has 0 fully saturated rings. The van der Waals surface area contributed by atoms with Crippen LogP contribution in [0.15, 0.2) is 12.1 Å². The summed E-state index contributed by atoms with van der Waals surface area (Å²) in [5, 5.41) is 18.7. The van der Waals surface area contributed by atoms with Crippen LogP contribution in [0.2, 0.25) is 0 Å². The molecule has 0 aliphatic rings. The lowest BCUT2D eigenvalue weighted by Gasteiger charge is -2.19. The second kappa shape index (κ2) is 4.42. The van der Waals surface area contributed by atoms with Gasteiger partial charge in [0.15, 0.2) is 0 Å². The molecule has 4 heteroatoms. The molecule has 0 unspecified atom stereocenters. The molecule has 16 heavy (non-hydrogen) atoms. The molecule has 0 aromatic heterocycles. The van der Waals surface area contributed by atoms with Gasteiger partial charge < -0.3 is 15.6 Å². The Balaban J connectivity index is 3.18. The Morgan fingerprint density at radius 2 is 2.12 bits per heavy atom. The van der Waals surface area contributed by atoms with Gasteiger partial charge in [0.1, 0.15) is 17.6 Å². The molecule has 4 nitrogen and oxygen atoms in total. The normalized spacial score (nSPS) is 10.9. The average molecular weight is 220 g/mol. The van der Waals surface area contributed by atoms with Gasteiger partial charge in [-0.3, -0.25) is 0 Å². The van der Waals surface area contributed by atoms with E-state index >= 15 is 0 Å². The van der Waals surface area contributed by atoms with E-state index in [-0.39, 0.29) is 5.75 Å². The fraction of sp³-hybridized carbons (Fsp3) is 0.417. The van der Waals surface area contributed by atoms with Crippen molar-refractivity contribution in [3.8, 4) is 17.6 Å². The lowest BCUT2D eigenvalue weighted by Crippen LogP contribution is -2.34. The van der Waals surface area contributed by atoms with Gasteiger partial charge >= 0.3 is 0 Å². The standard InChI is InChI=1S/C12H16N2O2/c1-12(2,14)6-8-4-9(7-13)11(16-3)5-10(8)15/h4-5,15H,6,14H2,1-3H3. The molecule has 0 aliphatic heterocycles. The Hall–Kier alpha value is -1.73. The van der Waals surface area contributed by atoms with Crippen LogP contribution in [-0.2, 0) is 6.42 Å². The smallest absolute Gasteiger partial charge is 0.140 e. The molecule has 0 bridgehead atoms. The summed E-state index contributed by atoms with van der Waals surface area (Å²) in [6, 6.07) is 5.08. The van der Waals surface area contributed by atoms with E-state index in [0.717, 1.165) is 0 Å². The number of ether oxygens (including phenoxy) is 1. The maximum Gasteiger partial charge on any atom is 0.140 e. The highest BCUT2D eigenvalue weighted by atomic mass is 16.5. The van der Waals surface area contributed by atoms with Crippen molar-refractivity contribution in [2.75, 3.05) is 7.11 Å². The number of phenols is 1. The molecule has 1 aromatic carbocycles. The summed E-state index contributed by atoms with van der Waals surface area (Å²) in [7, 11) is 1.46. The Morgan fingerprint density at radius 1 is 1.50 bits per heavy atom. The summed E-state index contributed by atoms with van der Waals surface area (Å²) < 4.78 is 4.99. The van der Waals surface area contributed by atoms with Crippen LogP contribution in [0.4, 0.5) is 0 Å². The monoisotopic (exact) mass is 220 g/mol. The van der Waals surface area contributed by atoms with E-state index in [4.69, 9.17) is 15.7 Å². The summed E-state index contributed by atoms with van der Waals surface area (Å²) in [4.78, 5) is 0. The predicted octanol–water partition coefficient (Wildman–Crippen LogP) is 1.55. The number of hydrogen-bond donors (Lipinski definition) is 2. The third kappa shape index (κ3) is 2.88. The van der Waals surface area contributed by atoms with Crippen molar-refractivity contribution in [3.05, 3.63) is 23.3 Å². The first-order valence-electron chi connectivity index (χ1n) is 4.96. The summed E-state index contributed by atoms with van der Waals surface area (Å²) in [5.74, 6) is 0.480. The Morgan fingerprint density at radius 3 is 2.56 bits per heavy atom. The van der Waals surface area contributed by atoms with Gasteiger partial charge in [-0.15, -0.1) is 0 Å². The fourth-order valence-corrected chi connectivity index (χ4v) is 1.50. The zero-order valence-electron chi connectivity index (χ0n) is 9.74. The van der Waals surface area contributed by atoms with Crippen LogP contribution in [0, 0.1) is 11.3 Å². The number of phenolic OH excluding ortho intramolecular Hbond substituents is 1. The molecule has 3 N–H and O–H groups in total. The van der Waals surface area contributed by atoms with Crippen LogP contribution in [0.5, 0.6) is 11.5 Å². The quantitative estimate of drug-likeness (QED) is 0.810. The molecule has 0 aliphatic carbocycles. The molecule has 86 valence electrons. The maximum absolute atomic E-state index is 9.76. The van der Waals surface area contributed by atoms with E-state index < -0.39 is 5.54 Å². The maximum atomic E-state index is 9.76. The summed E-state index contributed by atoms with van der Waals surface area (Å²) >= 11 is 0. The highest BCUT2D eigenvalue weighted by Crippen LogP contribution is 2.29. The van der Waals surface area contributed by atoms with Gasteiger partial charge in [-0.2, -0.15) is 5.26 Å². The number of hydrogen-bond acceptors (Lipinski definition) is 4. The van der Waals surface area contributed by atoms with Crippen LogP contribution < -0.4 is 10.5 Å². The largest absolute Gasteiger partial charge is 0.508 e. The Bertz CT molecular complexity index is 428. The average Bonchev–Trinajstić information content (AvgIpc) is 2.18. The molecule has 1 aromatic rings. The highest BCUT2D eigenvalue weighted by molar-refractivity contribution is 5.51. The molecular formula is C12H16N2O2. The zero-order valence-corrected chi connectivity index (χ0v) is 9.74. The second-order valence-electron chi connectivity index (χ2n) is 4.46. The number of nitrogens with two attached hydrogens (primary N) is 1. The van der Waals surface area contributed by atoms with E-state index in [9.17, 15) is 5.11 Å². The third-order valence-corrected chi connectivity index (χ3v) is 2.17. The minimum absolute atomic E-state index is 0.106. The first-order chi connectivity index (χ1) is 7.37. The molecule has 0 spiro atoms. The van der Waals surface area contributed by atoms with Gasteiger partial charge in [0.2, 0.25) is 0 Å². The summed E-state index contributed by atoms with van der Waals surface area (Å²) in [5.41, 5.74) is 6.50. The van der Waals surface area contributed by atoms with Crippen molar-refractivity contribution < 1.29 is 9.84 Å². The van der Waals surface area contributed by atoms with Gasteiger partial charge in [0.05, 0.1) is 12.7 Å². The van der Waals surface area contributed by atoms with Gasteiger partial charge in [-0.1, -0.05) is 0 Å². The van der Waals surface area contributed by atoms with Crippen molar-refractivity contribution in [1.82, 2.24) is 0 Å². The minimum Gasteiger partial charge on any atom is -0.508 e. The summed E-state index contributed by atoms with van der Waals surface area (Å²) in [6.45, 7) is 3.73. The van der Waals surface area contributed by atoms with Crippen molar-refractivity contribution in [2.45, 2.75) is 25.8 Å². The van der Waals surface area contributed by atoms with E-state index in [1.54, 1.807) is 6.07 Å². The predicted molar refractivity (Wildman–Crippen MR) is 61.3 cm³/mol. The molecule has 0 atom stereocenters. The first-order valence-corrected chi connectivity index (χ1v) is 4.96. The molecule has 0 saturated carbocycles. The number of aromatic hydroxyl groups is 1. The second-order valence-corrected chi connectivity index (χ2v) is 4.46. The Labute approximate surface area is 95.3 Å². The number of methoxy groups -OCH3 is 1. The number of nitrogens with zero attached hydrogens (tertiary/aromatic N) is 1. The van der Waals surface area contributed by atoms with Gasteiger partial charge in [-0.25, -0.2) is 0 Å². The highest BCUT2D eigenvalue weighted by Gasteiger charge is 2.17. The van der Waals surface area contributed by atoms with Crippen LogP contribution in [0.25, 0.3) is 0 Å². The zero-order chi connectivity index (χ0) is 12.3. The molecule has 0 radical (unpaired) electrons. The fourth-order valence-electron chi connectivity index (χ4n) is 1.50. The number of rotatable bonds is 3. The van der Waals surface area contributed by atoms with E-state index in [2.05, 4.69) is 0 Å². The van der Waals surface area contributed by atoms with Crippen LogP contribution in [-0.4, -0.2) is 17.8 Å². The molecule has 1 rings (SSSR count). The lowest BCUT2D eigenvalue weighted by atomic mass is 9.94. The van der Waals surface area contributed by atoms with Gasteiger partial charge in [-0.05, 0) is 31.9 Å². The van der Waals surface area contributed by atoms with Gasteiger partial charge in [0, 0.05) is 11.6 Å². The first kappa shape index (κ1) is 12.3. The molecule has 0 heterocycles. The lowest BCUT2D eigenvalue weighted by molar-refractivity contribution is 0.403. The van der Waals surface area contributed by atoms with E-state index in [1.807, 2.05) is 19.9 Å². The van der Waals surface area contributed by atoms with Gasteiger partial charge in [0.25, 0.3) is 0 Å². The van der Waals surface area contributed by atoms with Crippen LogP contribution in [0.3, 0.4) is 0 Å². The van der Waals surface area contributed by atoms with Crippen molar-refractivity contribution in [2.24, 2.45) is 5.73 Å². The van der Waals surface area contributed by atoms with Crippen LogP contribution in [0.1, 0.15) is 25.0 Å². The molecule has 0 saturated heterocycles. The Kier molecular flexibility index (Phi) is 3.41. The molecule has 0 amide bonds. The number of nitriles is 1. The minimum atomic E-state index is -0.432. The van der Waals surface area contributed by atoms with Crippen molar-refractivity contribution in [3.63, 3.8) is 0 Å². The third-order valence-electron chi connectivity index (χ3n) is 2.17. The molecular weight excluding hydrogens is 204 g/mol. The van der Waals surface area contributed by atoms with Crippen molar-refractivity contribution in [1.29, 1.82) is 5.26 Å².